The van der Waals surface area contributed by atoms with Crippen molar-refractivity contribution in [1.29, 1.82) is 0 Å². The van der Waals surface area contributed by atoms with Crippen LogP contribution in [-0.4, -0.2) is 0 Å². The van der Waals surface area contributed by atoms with Gasteiger partial charge in [0.05, 0.1) is 0 Å². The average Bonchev–Trinajstić information content (AvgIpc) is 2.83. The molecule has 3 fully saturated rings. The molecule has 0 spiro atoms. The monoisotopic (exact) mass is 286 g/mol. The summed E-state index contributed by atoms with van der Waals surface area (Å²) < 4.78 is 0. The highest BCUT2D eigenvalue weighted by molar-refractivity contribution is 5.24. The predicted octanol–water partition coefficient (Wildman–Crippen LogP) is 6.37. The summed E-state index contributed by atoms with van der Waals surface area (Å²) in [5, 5.41) is 0. The molecule has 118 valence electrons. The largest absolute Gasteiger partial charge is 0.0845 e. The van der Waals surface area contributed by atoms with E-state index in [0.29, 0.717) is 10.8 Å². The van der Waals surface area contributed by atoms with E-state index in [1.54, 1.807) is 0 Å². The Balaban J connectivity index is 1.67. The minimum absolute atomic E-state index is 0.590. The quantitative estimate of drug-likeness (QED) is 0.492. The lowest BCUT2D eigenvalue weighted by Crippen LogP contribution is -2.49. The van der Waals surface area contributed by atoms with Gasteiger partial charge in [0.2, 0.25) is 0 Å². The predicted molar refractivity (Wildman–Crippen MR) is 90.1 cm³/mol. The zero-order chi connectivity index (χ0) is 14.7. The fourth-order valence-corrected chi connectivity index (χ4v) is 7.48. The minimum Gasteiger partial charge on any atom is -0.0845 e. The lowest BCUT2D eigenvalue weighted by Gasteiger charge is -2.57. The first-order valence-corrected chi connectivity index (χ1v) is 9.79. The molecule has 4 aliphatic carbocycles. The Hall–Kier alpha value is -0.260. The Bertz CT molecular complexity index is 447. The lowest BCUT2D eigenvalue weighted by molar-refractivity contribution is -0.0415. The number of hydrogen-bond acceptors (Lipinski definition) is 0. The van der Waals surface area contributed by atoms with E-state index in [4.69, 9.17) is 0 Å². The molecule has 21 heavy (non-hydrogen) atoms. The second-order valence-electron chi connectivity index (χ2n) is 9.19. The van der Waals surface area contributed by atoms with Gasteiger partial charge >= 0.3 is 0 Å². The van der Waals surface area contributed by atoms with E-state index >= 15 is 0 Å². The van der Waals surface area contributed by atoms with Crippen LogP contribution in [0.15, 0.2) is 11.6 Å². The van der Waals surface area contributed by atoms with Gasteiger partial charge in [0.1, 0.15) is 0 Å². The molecule has 0 heteroatoms. The van der Waals surface area contributed by atoms with E-state index in [2.05, 4.69) is 26.8 Å². The highest BCUT2D eigenvalue weighted by atomic mass is 14.6. The van der Waals surface area contributed by atoms with Gasteiger partial charge in [-0.05, 0) is 85.9 Å². The zero-order valence-corrected chi connectivity index (χ0v) is 14.5. The van der Waals surface area contributed by atoms with Gasteiger partial charge in [-0.2, -0.15) is 0 Å². The molecule has 4 rings (SSSR count). The summed E-state index contributed by atoms with van der Waals surface area (Å²) in [4.78, 5) is 0. The van der Waals surface area contributed by atoms with Crippen molar-refractivity contribution in [3.05, 3.63) is 11.6 Å². The first-order chi connectivity index (χ1) is 10.1. The van der Waals surface area contributed by atoms with Crippen molar-refractivity contribution in [2.45, 2.75) is 85.0 Å². The molecule has 0 N–H and O–H groups in total. The molecule has 0 aromatic rings. The summed E-state index contributed by atoms with van der Waals surface area (Å²) in [6.45, 7) is 7.74. The van der Waals surface area contributed by atoms with Gasteiger partial charge in [0.25, 0.3) is 0 Å². The molecule has 0 aliphatic heterocycles. The first-order valence-electron chi connectivity index (χ1n) is 9.79. The third-order valence-corrected chi connectivity index (χ3v) is 8.71. The second-order valence-corrected chi connectivity index (χ2v) is 9.19. The molecular weight excluding hydrogens is 252 g/mol. The number of hydrogen-bond donors (Lipinski definition) is 0. The van der Waals surface area contributed by atoms with Crippen LogP contribution in [0.5, 0.6) is 0 Å². The molecule has 0 aromatic heterocycles. The number of fused-ring (bicyclic) bond motifs is 5. The third kappa shape index (κ3) is 1.86. The number of allylic oxidation sites excluding steroid dienone is 2. The molecule has 0 nitrogen and oxygen atoms in total. The van der Waals surface area contributed by atoms with E-state index in [1.807, 2.05) is 5.57 Å². The molecule has 0 amide bonds. The van der Waals surface area contributed by atoms with E-state index in [1.165, 1.54) is 64.2 Å². The molecule has 4 aliphatic rings. The lowest BCUT2D eigenvalue weighted by atomic mass is 9.47. The van der Waals surface area contributed by atoms with Crippen molar-refractivity contribution in [3.63, 3.8) is 0 Å². The van der Waals surface area contributed by atoms with Crippen molar-refractivity contribution in [2.75, 3.05) is 0 Å². The maximum Gasteiger partial charge on any atom is -0.00853 e. The summed E-state index contributed by atoms with van der Waals surface area (Å²) in [6.07, 6.45) is 17.5. The smallest absolute Gasteiger partial charge is 0.00853 e. The van der Waals surface area contributed by atoms with Crippen LogP contribution in [0.4, 0.5) is 0 Å². The Morgan fingerprint density at radius 3 is 2.71 bits per heavy atom. The van der Waals surface area contributed by atoms with Crippen molar-refractivity contribution in [1.82, 2.24) is 0 Å². The van der Waals surface area contributed by atoms with Crippen LogP contribution < -0.4 is 0 Å². The first kappa shape index (κ1) is 14.3. The molecule has 3 saturated carbocycles. The topological polar surface area (TPSA) is 0 Å². The molecular formula is C21H34. The highest BCUT2D eigenvalue weighted by Crippen LogP contribution is 2.66. The van der Waals surface area contributed by atoms with E-state index < -0.39 is 0 Å². The van der Waals surface area contributed by atoms with Crippen LogP contribution in [0.25, 0.3) is 0 Å². The molecule has 0 heterocycles. The molecule has 0 saturated heterocycles. The molecule has 0 aromatic carbocycles. The highest BCUT2D eigenvalue weighted by Gasteiger charge is 2.57. The van der Waals surface area contributed by atoms with Crippen molar-refractivity contribution in [2.24, 2.45) is 34.5 Å². The van der Waals surface area contributed by atoms with Crippen molar-refractivity contribution in [3.8, 4) is 0 Å². The van der Waals surface area contributed by atoms with Gasteiger partial charge in [-0.3, -0.25) is 0 Å². The summed E-state index contributed by atoms with van der Waals surface area (Å²) in [6, 6.07) is 0. The van der Waals surface area contributed by atoms with Crippen LogP contribution in [0.1, 0.15) is 85.0 Å². The van der Waals surface area contributed by atoms with Gasteiger partial charge in [-0.1, -0.05) is 45.3 Å². The van der Waals surface area contributed by atoms with E-state index in [-0.39, 0.29) is 0 Å². The zero-order valence-electron chi connectivity index (χ0n) is 14.5. The second kappa shape index (κ2) is 4.87. The third-order valence-electron chi connectivity index (χ3n) is 8.71. The van der Waals surface area contributed by atoms with Crippen LogP contribution in [0.3, 0.4) is 0 Å². The van der Waals surface area contributed by atoms with E-state index in [0.717, 1.165) is 23.7 Å². The normalized spacial score (nSPS) is 52.6. The summed E-state index contributed by atoms with van der Waals surface area (Å²) in [7, 11) is 0. The Morgan fingerprint density at radius 1 is 1.05 bits per heavy atom. The standard InChI is InChI=1S/C21H34/c1-4-15-9-11-18-17-10-8-16-7-5-6-13-20(16,2)19(17)12-14-21(15,18)3/h8,15,17-19H,4-7,9-14H2,1-3H3/t15-,17?,18?,19?,20-,21+/m0/s1. The van der Waals surface area contributed by atoms with Gasteiger partial charge in [0.15, 0.2) is 0 Å². The van der Waals surface area contributed by atoms with Crippen molar-refractivity contribution >= 4 is 0 Å². The molecule has 0 radical (unpaired) electrons. The Morgan fingerprint density at radius 2 is 1.90 bits per heavy atom. The van der Waals surface area contributed by atoms with Crippen molar-refractivity contribution < 1.29 is 0 Å². The summed E-state index contributed by atoms with van der Waals surface area (Å²) >= 11 is 0. The van der Waals surface area contributed by atoms with Gasteiger partial charge in [-0.25, -0.2) is 0 Å². The molecule has 6 atom stereocenters. The molecule has 0 bridgehead atoms. The van der Waals surface area contributed by atoms with Gasteiger partial charge < -0.3 is 0 Å². The summed E-state index contributed by atoms with van der Waals surface area (Å²) in [5.41, 5.74) is 3.14. The number of rotatable bonds is 1. The maximum absolute atomic E-state index is 2.71. The Kier molecular flexibility index (Phi) is 3.32. The van der Waals surface area contributed by atoms with Crippen LogP contribution in [0.2, 0.25) is 0 Å². The van der Waals surface area contributed by atoms with E-state index in [9.17, 15) is 0 Å². The average molecular weight is 287 g/mol. The van der Waals surface area contributed by atoms with Gasteiger partial charge in [0, 0.05) is 0 Å². The van der Waals surface area contributed by atoms with Crippen LogP contribution >= 0.6 is 0 Å². The van der Waals surface area contributed by atoms with Crippen LogP contribution in [0, 0.1) is 34.5 Å². The molecule has 3 unspecified atom stereocenters. The SMILES string of the molecule is CC[C@H]1CCC2C3CC=C4CCCC[C@]4(C)C3CC[C@@]21C. The maximum atomic E-state index is 2.71. The fraction of sp³-hybridized carbons (Fsp3) is 0.905. The fourth-order valence-electron chi connectivity index (χ4n) is 7.48. The summed E-state index contributed by atoms with van der Waals surface area (Å²) in [5.74, 6) is 4.10. The van der Waals surface area contributed by atoms with Crippen LogP contribution in [-0.2, 0) is 0 Å². The van der Waals surface area contributed by atoms with Gasteiger partial charge in [-0.15, -0.1) is 0 Å². The minimum atomic E-state index is 0.590. The Labute approximate surface area is 131 Å².